The summed E-state index contributed by atoms with van der Waals surface area (Å²) in [4.78, 5) is 49.7. The highest BCUT2D eigenvalue weighted by atomic mass is 32.2. The molecule has 256 valence electrons. The highest BCUT2D eigenvalue weighted by molar-refractivity contribution is 8.04. The Morgan fingerprint density at radius 1 is 0.542 bits per heavy atom. The monoisotopic (exact) mass is 744 g/mol. The van der Waals surface area contributed by atoms with Gasteiger partial charge in [0.1, 0.15) is 10.8 Å². The maximum atomic E-state index is 14.4. The minimum absolute atomic E-state index is 0.182. The topological polar surface area (TPSA) is 122 Å². The Hall–Kier alpha value is -4.32. The average molecular weight is 744 g/mol. The van der Waals surface area contributed by atoms with Gasteiger partial charge in [-0.05, 0) is 35.7 Å². The van der Waals surface area contributed by atoms with Gasteiger partial charge in [0.05, 0.1) is 24.2 Å². The first-order valence-electron chi connectivity index (χ1n) is 11.9. The summed E-state index contributed by atoms with van der Waals surface area (Å²) in [6, 6.07) is 0.686. The van der Waals surface area contributed by atoms with E-state index in [0.29, 0.717) is 12.1 Å². The summed E-state index contributed by atoms with van der Waals surface area (Å²) in [6.07, 6.45) is -13.8. The van der Waals surface area contributed by atoms with E-state index in [9.17, 15) is 91.2 Å². The zero-order valence-electron chi connectivity index (χ0n) is 22.1. The van der Waals surface area contributed by atoms with Gasteiger partial charge in [-0.3, -0.25) is 29.0 Å². The van der Waals surface area contributed by atoms with Crippen molar-refractivity contribution in [1.82, 2.24) is 9.80 Å². The molecule has 0 bridgehead atoms. The average Bonchev–Trinajstić information content (AvgIpc) is 2.94. The van der Waals surface area contributed by atoms with Crippen molar-refractivity contribution in [3.05, 3.63) is 34.4 Å². The molecule has 2 aromatic carbocycles. The van der Waals surface area contributed by atoms with Crippen molar-refractivity contribution in [2.45, 2.75) is 45.8 Å². The number of amides is 4. The molecule has 0 spiro atoms. The second-order valence-electron chi connectivity index (χ2n) is 9.68. The maximum absolute atomic E-state index is 14.4. The molecule has 0 aliphatic carbocycles. The van der Waals surface area contributed by atoms with E-state index in [0.717, 1.165) is 0 Å². The SMILES string of the molecule is N#CSc1cc2c3c(c(SC#N)cc4c3c1C(=O)N(CC(F)(F)C(F)(F)C(F)(F)F)C4=O)C(=O)N(CC(F)(F)C(F)(F)C(F)(F)F)C2=O. The standard InChI is InChI=1S/C24H6F14N4O4S2/c25-19(26,21(29,30)23(33,34)35)3-41-15(43)7-1-9(47-5-39)13-12-8(2-10(48-6-40)14(11(7)12)18(41)46)16(44)42(17(13)45)4-20(27,28)22(31,32)24(36,37)38/h1-2H,3-4H2. The number of nitriles is 2. The lowest BCUT2D eigenvalue weighted by atomic mass is 9.85. The fraction of sp³-hybridized carbons (Fsp3) is 0.333. The van der Waals surface area contributed by atoms with Crippen LogP contribution in [0.5, 0.6) is 0 Å². The lowest BCUT2D eigenvalue weighted by Crippen LogP contribution is -2.59. The molecule has 2 aromatic rings. The number of carbonyl (C=O) groups is 4. The van der Waals surface area contributed by atoms with Gasteiger partial charge in [0.15, 0.2) is 0 Å². The number of thioether (sulfide) groups is 2. The molecule has 0 saturated carbocycles. The van der Waals surface area contributed by atoms with Gasteiger partial charge in [0.2, 0.25) is 0 Å². The van der Waals surface area contributed by atoms with Gasteiger partial charge in [-0.15, -0.1) is 0 Å². The van der Waals surface area contributed by atoms with Gasteiger partial charge >= 0.3 is 36.0 Å². The smallest absolute Gasteiger partial charge is 0.269 e. The van der Waals surface area contributed by atoms with Crippen LogP contribution in [-0.2, 0) is 0 Å². The summed E-state index contributed by atoms with van der Waals surface area (Å²) < 4.78 is 189. The number of nitrogens with zero attached hydrogens (tertiary/aromatic N) is 4. The van der Waals surface area contributed by atoms with Crippen LogP contribution in [0, 0.1) is 21.3 Å². The predicted molar refractivity (Wildman–Crippen MR) is 130 cm³/mol. The van der Waals surface area contributed by atoms with Crippen molar-refractivity contribution in [2.24, 2.45) is 0 Å². The third-order valence-electron chi connectivity index (χ3n) is 6.86. The number of alkyl halides is 14. The molecule has 0 fully saturated rings. The molecular formula is C24H6F14N4O4S2. The maximum Gasteiger partial charge on any atom is 0.459 e. The lowest BCUT2D eigenvalue weighted by molar-refractivity contribution is -0.354. The normalized spacial score (nSPS) is 16.1. The molecule has 2 heterocycles. The van der Waals surface area contributed by atoms with Crippen molar-refractivity contribution in [1.29, 1.82) is 10.5 Å². The molecular weight excluding hydrogens is 738 g/mol. The molecule has 0 N–H and O–H groups in total. The van der Waals surface area contributed by atoms with Crippen molar-refractivity contribution >= 4 is 57.9 Å². The van der Waals surface area contributed by atoms with Crippen molar-refractivity contribution in [3.8, 4) is 10.8 Å². The van der Waals surface area contributed by atoms with E-state index < -0.39 is 125 Å². The Kier molecular flexibility index (Phi) is 8.45. The highest BCUT2D eigenvalue weighted by Gasteiger charge is 2.75. The molecule has 4 amide bonds. The van der Waals surface area contributed by atoms with Crippen LogP contribution in [0.4, 0.5) is 61.5 Å². The van der Waals surface area contributed by atoms with Crippen molar-refractivity contribution in [3.63, 3.8) is 0 Å². The third kappa shape index (κ3) is 5.15. The van der Waals surface area contributed by atoms with Crippen molar-refractivity contribution in [2.75, 3.05) is 13.1 Å². The Labute approximate surface area is 263 Å². The molecule has 4 rings (SSSR count). The van der Waals surface area contributed by atoms with Crippen LogP contribution in [0.2, 0.25) is 0 Å². The minimum atomic E-state index is -6.91. The first-order chi connectivity index (χ1) is 21.7. The van der Waals surface area contributed by atoms with Crippen molar-refractivity contribution < 1.29 is 80.6 Å². The van der Waals surface area contributed by atoms with Gasteiger partial charge in [-0.1, -0.05) is 0 Å². The molecule has 0 unspecified atom stereocenters. The number of imide groups is 2. The van der Waals surface area contributed by atoms with E-state index in [1.807, 2.05) is 0 Å². The summed E-state index contributed by atoms with van der Waals surface area (Å²) >= 11 is -0.363. The molecule has 24 heteroatoms. The Morgan fingerprint density at radius 3 is 1.08 bits per heavy atom. The summed E-state index contributed by atoms with van der Waals surface area (Å²) in [5.74, 6) is -34.5. The highest BCUT2D eigenvalue weighted by Crippen LogP contribution is 2.51. The number of halogens is 14. The van der Waals surface area contributed by atoms with Gasteiger partial charge in [-0.25, -0.2) is 0 Å². The zero-order valence-corrected chi connectivity index (χ0v) is 23.7. The molecule has 2 aliphatic heterocycles. The number of benzene rings is 2. The van der Waals surface area contributed by atoms with Crippen LogP contribution in [0.25, 0.3) is 10.8 Å². The van der Waals surface area contributed by atoms with Crippen LogP contribution in [-0.4, -0.2) is 82.6 Å². The van der Waals surface area contributed by atoms with Gasteiger partial charge in [0, 0.05) is 31.7 Å². The van der Waals surface area contributed by atoms with Gasteiger partial charge in [-0.2, -0.15) is 72.0 Å². The number of hydrogen-bond donors (Lipinski definition) is 0. The van der Waals surface area contributed by atoms with Crippen LogP contribution in [0.15, 0.2) is 21.9 Å². The number of rotatable bonds is 8. The van der Waals surface area contributed by atoms with Crippen LogP contribution in [0.1, 0.15) is 41.4 Å². The predicted octanol–water partition coefficient (Wildman–Crippen LogP) is 6.84. The van der Waals surface area contributed by atoms with E-state index in [1.165, 1.54) is 10.8 Å². The molecule has 8 nitrogen and oxygen atoms in total. The summed E-state index contributed by atoms with van der Waals surface area (Å²) in [5.41, 5.74) is -4.59. The number of thiocyanates is 2. The second kappa shape index (κ2) is 11.1. The van der Waals surface area contributed by atoms with E-state index in [1.54, 1.807) is 0 Å². The summed E-state index contributed by atoms with van der Waals surface area (Å²) in [6.45, 7) is -5.90. The fourth-order valence-corrected chi connectivity index (χ4v) is 5.78. The second-order valence-corrected chi connectivity index (χ2v) is 11.3. The molecule has 0 aromatic heterocycles. The summed E-state index contributed by atoms with van der Waals surface area (Å²) in [7, 11) is 0. The van der Waals surface area contributed by atoms with Gasteiger partial charge in [0.25, 0.3) is 23.6 Å². The number of hydrogen-bond acceptors (Lipinski definition) is 8. The molecule has 48 heavy (non-hydrogen) atoms. The summed E-state index contributed by atoms with van der Waals surface area (Å²) in [5, 5.41) is 19.0. The van der Waals surface area contributed by atoms with E-state index >= 15 is 0 Å². The van der Waals surface area contributed by atoms with E-state index in [4.69, 9.17) is 0 Å². The van der Waals surface area contributed by atoms with Crippen LogP contribution < -0.4 is 0 Å². The fourth-order valence-electron chi connectivity index (χ4n) is 4.65. The molecule has 0 atom stereocenters. The Morgan fingerprint density at radius 2 is 0.833 bits per heavy atom. The van der Waals surface area contributed by atoms with Crippen LogP contribution in [0.3, 0.4) is 0 Å². The molecule has 2 aliphatic rings. The minimum Gasteiger partial charge on any atom is -0.269 e. The zero-order chi connectivity index (χ0) is 36.7. The van der Waals surface area contributed by atoms with E-state index in [2.05, 4.69) is 0 Å². The van der Waals surface area contributed by atoms with Gasteiger partial charge < -0.3 is 0 Å². The quantitative estimate of drug-likeness (QED) is 0.125. The first kappa shape index (κ1) is 36.5. The van der Waals surface area contributed by atoms with E-state index in [-0.39, 0.29) is 23.5 Å². The number of carbonyl (C=O) groups excluding carboxylic acids is 4. The largest absolute Gasteiger partial charge is 0.459 e. The molecule has 0 saturated heterocycles. The third-order valence-corrected chi connectivity index (χ3v) is 8.12. The Balaban J connectivity index is 2.01. The lowest BCUT2D eigenvalue weighted by Gasteiger charge is -2.37. The first-order valence-corrected chi connectivity index (χ1v) is 13.5. The Bertz CT molecular complexity index is 1760. The van der Waals surface area contributed by atoms with Crippen LogP contribution >= 0.6 is 23.5 Å². The molecule has 0 radical (unpaired) electrons.